The predicted octanol–water partition coefficient (Wildman–Crippen LogP) is 0.893. The molecular formula is C13H22N2O2S. The van der Waals surface area contributed by atoms with Crippen molar-refractivity contribution in [3.63, 3.8) is 0 Å². The van der Waals surface area contributed by atoms with Crippen molar-refractivity contribution >= 4 is 17.7 Å². The first-order valence-corrected chi connectivity index (χ1v) is 8.11. The highest BCUT2D eigenvalue weighted by Gasteiger charge is 2.51. The van der Waals surface area contributed by atoms with Gasteiger partial charge in [0.2, 0.25) is 5.91 Å². The fourth-order valence-electron chi connectivity index (χ4n) is 3.33. The molecule has 2 saturated heterocycles. The fourth-order valence-corrected chi connectivity index (χ4v) is 4.54. The van der Waals surface area contributed by atoms with Crippen LogP contribution in [0.3, 0.4) is 0 Å². The van der Waals surface area contributed by atoms with Crippen LogP contribution in [0.2, 0.25) is 0 Å². The third-order valence-electron chi connectivity index (χ3n) is 4.46. The zero-order valence-corrected chi connectivity index (χ0v) is 11.5. The van der Waals surface area contributed by atoms with Crippen molar-refractivity contribution in [3.8, 4) is 0 Å². The summed E-state index contributed by atoms with van der Waals surface area (Å²) in [6, 6.07) is 0.137. The first kappa shape index (κ1) is 12.8. The van der Waals surface area contributed by atoms with Crippen molar-refractivity contribution in [2.45, 2.75) is 55.5 Å². The van der Waals surface area contributed by atoms with Crippen LogP contribution < -0.4 is 11.1 Å². The Bertz CT molecular complexity index is 320. The molecule has 5 unspecified atom stereocenters. The van der Waals surface area contributed by atoms with E-state index in [-0.39, 0.29) is 29.3 Å². The number of nitrogens with two attached hydrogens (primary N) is 1. The van der Waals surface area contributed by atoms with Crippen LogP contribution in [0.15, 0.2) is 0 Å². The Morgan fingerprint density at radius 2 is 2.17 bits per heavy atom. The van der Waals surface area contributed by atoms with Crippen LogP contribution in [0.1, 0.15) is 32.1 Å². The topological polar surface area (TPSA) is 64.3 Å². The van der Waals surface area contributed by atoms with Crippen LogP contribution in [0, 0.1) is 5.92 Å². The Kier molecular flexibility index (Phi) is 3.82. The number of fused-ring (bicyclic) bond motifs is 1. The van der Waals surface area contributed by atoms with E-state index in [2.05, 4.69) is 5.32 Å². The first-order valence-electron chi connectivity index (χ1n) is 7.06. The number of thioether (sulfide) groups is 1. The minimum atomic E-state index is 0.0466. The summed E-state index contributed by atoms with van der Waals surface area (Å²) in [4.78, 5) is 12.2. The third kappa shape index (κ3) is 2.28. The molecule has 3 rings (SSSR count). The van der Waals surface area contributed by atoms with Crippen LogP contribution in [0.25, 0.3) is 0 Å². The number of hydrogen-bond donors (Lipinski definition) is 2. The van der Waals surface area contributed by atoms with E-state index in [9.17, 15) is 4.79 Å². The standard InChI is InChI=1S/C13H22N2O2S/c14-10-8-4-3-6-17-12(8)11(10)15-13(16)9-5-1-2-7-18-9/h8-12H,1-7,14H2,(H,15,16). The molecule has 5 atom stereocenters. The van der Waals surface area contributed by atoms with E-state index in [4.69, 9.17) is 10.5 Å². The van der Waals surface area contributed by atoms with Gasteiger partial charge in [-0.25, -0.2) is 0 Å². The van der Waals surface area contributed by atoms with Crippen molar-refractivity contribution in [1.29, 1.82) is 0 Å². The number of carbonyl (C=O) groups excluding carboxylic acids is 1. The van der Waals surface area contributed by atoms with Gasteiger partial charge in [0.05, 0.1) is 17.4 Å². The summed E-state index contributed by atoms with van der Waals surface area (Å²) < 4.78 is 5.75. The highest BCUT2D eigenvalue weighted by atomic mass is 32.2. The minimum Gasteiger partial charge on any atom is -0.376 e. The van der Waals surface area contributed by atoms with Gasteiger partial charge < -0.3 is 15.8 Å². The molecule has 102 valence electrons. The van der Waals surface area contributed by atoms with Gasteiger partial charge in [0.25, 0.3) is 0 Å². The number of rotatable bonds is 2. The van der Waals surface area contributed by atoms with Crippen molar-refractivity contribution in [1.82, 2.24) is 5.32 Å². The molecular weight excluding hydrogens is 248 g/mol. The second-order valence-corrected chi connectivity index (χ2v) is 6.92. The normalized spacial score (nSPS) is 43.7. The Balaban J connectivity index is 1.54. The highest BCUT2D eigenvalue weighted by Crippen LogP contribution is 2.37. The molecule has 0 radical (unpaired) electrons. The summed E-state index contributed by atoms with van der Waals surface area (Å²) in [5.41, 5.74) is 6.15. The molecule has 0 spiro atoms. The Morgan fingerprint density at radius 1 is 1.28 bits per heavy atom. The molecule has 0 aromatic heterocycles. The van der Waals surface area contributed by atoms with E-state index in [0.29, 0.717) is 5.92 Å². The van der Waals surface area contributed by atoms with Crippen LogP contribution in [-0.4, -0.2) is 41.7 Å². The van der Waals surface area contributed by atoms with Crippen molar-refractivity contribution < 1.29 is 9.53 Å². The second-order valence-electron chi connectivity index (χ2n) is 5.61. The molecule has 0 bridgehead atoms. The number of hydrogen-bond acceptors (Lipinski definition) is 4. The minimum absolute atomic E-state index is 0.0466. The summed E-state index contributed by atoms with van der Waals surface area (Å²) in [6.45, 7) is 0.818. The molecule has 0 aromatic carbocycles. The average Bonchev–Trinajstić information content (AvgIpc) is 2.45. The number of amides is 1. The lowest BCUT2D eigenvalue weighted by molar-refractivity contribution is -0.139. The van der Waals surface area contributed by atoms with Gasteiger partial charge in [-0.2, -0.15) is 0 Å². The monoisotopic (exact) mass is 270 g/mol. The van der Waals surface area contributed by atoms with Crippen LogP contribution in [0.5, 0.6) is 0 Å². The average molecular weight is 270 g/mol. The lowest BCUT2D eigenvalue weighted by atomic mass is 9.68. The van der Waals surface area contributed by atoms with Gasteiger partial charge in [-0.05, 0) is 31.4 Å². The lowest BCUT2D eigenvalue weighted by Gasteiger charge is -2.52. The fraction of sp³-hybridized carbons (Fsp3) is 0.923. The summed E-state index contributed by atoms with van der Waals surface area (Å²) in [5.74, 6) is 1.74. The third-order valence-corrected chi connectivity index (χ3v) is 5.83. The van der Waals surface area contributed by atoms with Crippen molar-refractivity contribution in [2.24, 2.45) is 11.7 Å². The van der Waals surface area contributed by atoms with Crippen LogP contribution in [-0.2, 0) is 9.53 Å². The molecule has 1 amide bonds. The van der Waals surface area contributed by atoms with E-state index in [0.717, 1.165) is 31.6 Å². The van der Waals surface area contributed by atoms with Crippen LogP contribution >= 0.6 is 11.8 Å². The predicted molar refractivity (Wildman–Crippen MR) is 72.5 cm³/mol. The molecule has 3 fully saturated rings. The summed E-state index contributed by atoms with van der Waals surface area (Å²) in [6.07, 6.45) is 5.85. The molecule has 3 N–H and O–H groups in total. The number of ether oxygens (including phenoxy) is 1. The quantitative estimate of drug-likeness (QED) is 0.782. The molecule has 4 nitrogen and oxygen atoms in total. The molecule has 5 heteroatoms. The summed E-state index contributed by atoms with van der Waals surface area (Å²) in [7, 11) is 0. The van der Waals surface area contributed by atoms with Gasteiger partial charge in [-0.3, -0.25) is 4.79 Å². The largest absolute Gasteiger partial charge is 0.376 e. The maximum atomic E-state index is 12.2. The second kappa shape index (κ2) is 5.39. The number of nitrogens with one attached hydrogen (secondary N) is 1. The lowest BCUT2D eigenvalue weighted by Crippen LogP contribution is -2.72. The van der Waals surface area contributed by atoms with Gasteiger partial charge >= 0.3 is 0 Å². The van der Waals surface area contributed by atoms with Crippen molar-refractivity contribution in [3.05, 3.63) is 0 Å². The molecule has 0 aromatic rings. The molecule has 1 aliphatic carbocycles. The van der Waals surface area contributed by atoms with E-state index in [1.165, 1.54) is 12.8 Å². The van der Waals surface area contributed by atoms with Crippen LogP contribution in [0.4, 0.5) is 0 Å². The Morgan fingerprint density at radius 3 is 2.94 bits per heavy atom. The van der Waals surface area contributed by atoms with Gasteiger partial charge in [0, 0.05) is 18.6 Å². The Hall–Kier alpha value is -0.260. The molecule has 1 saturated carbocycles. The van der Waals surface area contributed by atoms with E-state index >= 15 is 0 Å². The smallest absolute Gasteiger partial charge is 0.233 e. The van der Waals surface area contributed by atoms with Crippen molar-refractivity contribution in [2.75, 3.05) is 12.4 Å². The maximum absolute atomic E-state index is 12.2. The Labute approximate surface area is 112 Å². The molecule has 2 heterocycles. The van der Waals surface area contributed by atoms with E-state index < -0.39 is 0 Å². The molecule has 3 aliphatic rings. The van der Waals surface area contributed by atoms with E-state index in [1.54, 1.807) is 11.8 Å². The van der Waals surface area contributed by atoms with E-state index in [1.807, 2.05) is 0 Å². The SMILES string of the molecule is NC1C2CCCOC2C1NC(=O)C1CCCCS1. The zero-order valence-electron chi connectivity index (χ0n) is 10.6. The number of carbonyl (C=O) groups is 1. The van der Waals surface area contributed by atoms with Gasteiger partial charge in [0.15, 0.2) is 0 Å². The summed E-state index contributed by atoms with van der Waals surface area (Å²) >= 11 is 1.78. The highest BCUT2D eigenvalue weighted by molar-refractivity contribution is 8.00. The van der Waals surface area contributed by atoms with Gasteiger partial charge in [0.1, 0.15) is 0 Å². The first-order chi connectivity index (χ1) is 8.77. The van der Waals surface area contributed by atoms with Gasteiger partial charge in [-0.1, -0.05) is 6.42 Å². The molecule has 2 aliphatic heterocycles. The van der Waals surface area contributed by atoms with Gasteiger partial charge in [-0.15, -0.1) is 11.8 Å². The maximum Gasteiger partial charge on any atom is 0.233 e. The molecule has 18 heavy (non-hydrogen) atoms. The zero-order chi connectivity index (χ0) is 12.5. The summed E-state index contributed by atoms with van der Waals surface area (Å²) in [5, 5.41) is 3.26.